The molecule has 0 spiro atoms. The van der Waals surface area contributed by atoms with Gasteiger partial charge in [-0.3, -0.25) is 4.90 Å². The normalized spacial score (nSPS) is 21.2. The molecule has 3 nitrogen and oxygen atoms in total. The van der Waals surface area contributed by atoms with E-state index in [1.807, 2.05) is 0 Å². The zero-order valence-corrected chi connectivity index (χ0v) is 8.64. The van der Waals surface area contributed by atoms with Gasteiger partial charge in [-0.2, -0.15) is 0 Å². The van der Waals surface area contributed by atoms with Crippen LogP contribution < -0.4 is 5.32 Å². The highest BCUT2D eigenvalue weighted by Crippen LogP contribution is 1.95. The number of likely N-dealkylation sites (N-methyl/N-ethyl adjacent to an activating group) is 1. The van der Waals surface area contributed by atoms with E-state index in [1.165, 1.54) is 26.2 Å². The molecule has 0 aromatic rings. The Morgan fingerprint density at radius 3 is 2.25 bits per heavy atom. The summed E-state index contributed by atoms with van der Waals surface area (Å²) in [6.45, 7) is 7.26. The Kier molecular flexibility index (Phi) is 3.50. The summed E-state index contributed by atoms with van der Waals surface area (Å²) in [4.78, 5) is 2.54. The van der Waals surface area contributed by atoms with Gasteiger partial charge < -0.3 is 9.80 Å². The zero-order valence-electron chi connectivity index (χ0n) is 8.64. The molecule has 1 rings (SSSR count). The summed E-state index contributed by atoms with van der Waals surface area (Å²) in [6.07, 6.45) is 0. The molecule has 0 saturated carbocycles. The van der Waals surface area contributed by atoms with Gasteiger partial charge in [-0.15, -0.1) is 0 Å². The molecule has 72 valence electrons. The highest BCUT2D eigenvalue weighted by Gasteiger charge is 2.13. The summed E-state index contributed by atoms with van der Waals surface area (Å²) in [6, 6.07) is 0. The van der Waals surface area contributed by atoms with E-state index in [0.29, 0.717) is 0 Å². The number of rotatable bonds is 3. The van der Waals surface area contributed by atoms with E-state index in [4.69, 9.17) is 0 Å². The Hall–Kier alpha value is -0.120. The molecule has 1 aliphatic rings. The minimum Gasteiger partial charge on any atom is -0.330 e. The molecule has 0 radical (unpaired) electrons. The van der Waals surface area contributed by atoms with Crippen LogP contribution in [0.2, 0.25) is 0 Å². The van der Waals surface area contributed by atoms with Crippen LogP contribution >= 0.6 is 0 Å². The van der Waals surface area contributed by atoms with Gasteiger partial charge in [0.2, 0.25) is 0 Å². The molecular weight excluding hydrogens is 150 g/mol. The van der Waals surface area contributed by atoms with E-state index >= 15 is 0 Å². The lowest BCUT2D eigenvalue weighted by molar-refractivity contribution is -0.869. The van der Waals surface area contributed by atoms with Gasteiger partial charge in [-0.25, -0.2) is 0 Å². The third-order valence-electron chi connectivity index (χ3n) is 2.30. The van der Waals surface area contributed by atoms with Gasteiger partial charge >= 0.3 is 0 Å². The Bertz CT molecular complexity index is 122. The Morgan fingerprint density at radius 2 is 1.75 bits per heavy atom. The Balaban J connectivity index is 2.13. The molecule has 0 unspecified atom stereocenters. The predicted octanol–water partition coefficient (Wildman–Crippen LogP) is -0.402. The predicted molar refractivity (Wildman–Crippen MR) is 52.2 cm³/mol. The summed E-state index contributed by atoms with van der Waals surface area (Å²) in [5.41, 5.74) is 0. The summed E-state index contributed by atoms with van der Waals surface area (Å²) in [5.74, 6) is 0. The SMILES string of the molecule is C[N+](C)(C)CCN1CCNCC1. The van der Waals surface area contributed by atoms with Crippen molar-refractivity contribution in [3.05, 3.63) is 0 Å². The van der Waals surface area contributed by atoms with Gasteiger partial charge in [0.1, 0.15) is 0 Å². The van der Waals surface area contributed by atoms with E-state index in [-0.39, 0.29) is 0 Å². The maximum Gasteiger partial charge on any atom is 0.0909 e. The van der Waals surface area contributed by atoms with Crippen LogP contribution in [0.25, 0.3) is 0 Å². The molecule has 1 heterocycles. The lowest BCUT2D eigenvalue weighted by Crippen LogP contribution is -2.48. The molecule has 1 saturated heterocycles. The molecule has 12 heavy (non-hydrogen) atoms. The van der Waals surface area contributed by atoms with Crippen molar-refractivity contribution >= 4 is 0 Å². The first kappa shape index (κ1) is 9.96. The first-order valence-corrected chi connectivity index (χ1v) is 4.81. The lowest BCUT2D eigenvalue weighted by Gasteiger charge is -2.31. The van der Waals surface area contributed by atoms with Crippen LogP contribution in [-0.2, 0) is 0 Å². The Labute approximate surface area is 75.9 Å². The first-order chi connectivity index (χ1) is 5.58. The number of nitrogens with zero attached hydrogens (tertiary/aromatic N) is 2. The van der Waals surface area contributed by atoms with Gasteiger partial charge in [0.25, 0.3) is 0 Å². The van der Waals surface area contributed by atoms with Gasteiger partial charge in [-0.1, -0.05) is 0 Å². The van der Waals surface area contributed by atoms with Crippen molar-refractivity contribution < 1.29 is 4.48 Å². The number of hydrogen-bond donors (Lipinski definition) is 1. The van der Waals surface area contributed by atoms with E-state index in [0.717, 1.165) is 17.6 Å². The molecule has 1 fully saturated rings. The van der Waals surface area contributed by atoms with Gasteiger partial charge in [0.05, 0.1) is 27.7 Å². The molecule has 1 aliphatic heterocycles. The van der Waals surface area contributed by atoms with E-state index < -0.39 is 0 Å². The minimum atomic E-state index is 1.07. The van der Waals surface area contributed by atoms with E-state index in [9.17, 15) is 0 Å². The molecule has 3 heteroatoms. The summed E-state index contributed by atoms with van der Waals surface area (Å²) in [5, 5.41) is 3.37. The molecular formula is C9H22N3+. The fraction of sp³-hybridized carbons (Fsp3) is 1.00. The van der Waals surface area contributed by atoms with Crippen LogP contribution in [0.15, 0.2) is 0 Å². The van der Waals surface area contributed by atoms with Crippen molar-refractivity contribution in [1.82, 2.24) is 10.2 Å². The lowest BCUT2D eigenvalue weighted by atomic mass is 10.3. The van der Waals surface area contributed by atoms with Crippen molar-refractivity contribution in [1.29, 1.82) is 0 Å². The van der Waals surface area contributed by atoms with Gasteiger partial charge in [-0.05, 0) is 0 Å². The topological polar surface area (TPSA) is 15.3 Å². The maximum atomic E-state index is 3.37. The second-order valence-electron chi connectivity index (χ2n) is 4.61. The van der Waals surface area contributed by atoms with Gasteiger partial charge in [0.15, 0.2) is 0 Å². The summed E-state index contributed by atoms with van der Waals surface area (Å²) in [7, 11) is 6.76. The smallest absolute Gasteiger partial charge is 0.0909 e. The van der Waals surface area contributed by atoms with Crippen molar-refractivity contribution in [2.75, 3.05) is 60.4 Å². The minimum absolute atomic E-state index is 1.07. The van der Waals surface area contributed by atoms with Crippen LogP contribution in [0.1, 0.15) is 0 Å². The molecule has 0 bridgehead atoms. The highest BCUT2D eigenvalue weighted by atomic mass is 15.3. The molecule has 0 amide bonds. The van der Waals surface area contributed by atoms with Crippen LogP contribution in [0.5, 0.6) is 0 Å². The average Bonchev–Trinajstić information content (AvgIpc) is 2.02. The van der Waals surface area contributed by atoms with E-state index in [2.05, 4.69) is 31.4 Å². The van der Waals surface area contributed by atoms with Crippen LogP contribution in [0.3, 0.4) is 0 Å². The zero-order chi connectivity index (χ0) is 9.03. The monoisotopic (exact) mass is 172 g/mol. The Morgan fingerprint density at radius 1 is 1.17 bits per heavy atom. The summed E-state index contributed by atoms with van der Waals surface area (Å²) < 4.78 is 1.07. The maximum absolute atomic E-state index is 3.37. The van der Waals surface area contributed by atoms with Crippen molar-refractivity contribution in [2.45, 2.75) is 0 Å². The second-order valence-corrected chi connectivity index (χ2v) is 4.61. The van der Waals surface area contributed by atoms with Crippen LogP contribution in [0.4, 0.5) is 0 Å². The third kappa shape index (κ3) is 4.04. The fourth-order valence-corrected chi connectivity index (χ4v) is 1.38. The van der Waals surface area contributed by atoms with Crippen LogP contribution in [-0.4, -0.2) is 69.8 Å². The molecule has 0 aromatic heterocycles. The summed E-state index contributed by atoms with van der Waals surface area (Å²) >= 11 is 0. The van der Waals surface area contributed by atoms with Crippen molar-refractivity contribution in [3.8, 4) is 0 Å². The molecule has 1 N–H and O–H groups in total. The van der Waals surface area contributed by atoms with Crippen molar-refractivity contribution in [2.24, 2.45) is 0 Å². The largest absolute Gasteiger partial charge is 0.330 e. The van der Waals surface area contributed by atoms with Crippen LogP contribution in [0, 0.1) is 0 Å². The number of nitrogens with one attached hydrogen (secondary N) is 1. The number of piperazine rings is 1. The van der Waals surface area contributed by atoms with E-state index in [1.54, 1.807) is 0 Å². The number of quaternary nitrogens is 1. The molecule has 0 aromatic carbocycles. The molecule has 0 aliphatic carbocycles. The standard InChI is InChI=1S/C9H22N3/c1-12(2,3)9-8-11-6-4-10-5-7-11/h10H,4-9H2,1-3H3/q+1. The van der Waals surface area contributed by atoms with Gasteiger partial charge in [0, 0.05) is 32.7 Å². The molecule has 0 atom stereocenters. The number of hydrogen-bond acceptors (Lipinski definition) is 2. The first-order valence-electron chi connectivity index (χ1n) is 4.81. The average molecular weight is 172 g/mol. The van der Waals surface area contributed by atoms with Crippen molar-refractivity contribution in [3.63, 3.8) is 0 Å². The quantitative estimate of drug-likeness (QED) is 0.583. The fourth-order valence-electron chi connectivity index (χ4n) is 1.38. The second kappa shape index (κ2) is 4.21. The third-order valence-corrected chi connectivity index (χ3v) is 2.30. The highest BCUT2D eigenvalue weighted by molar-refractivity contribution is 4.66.